The van der Waals surface area contributed by atoms with Crippen molar-refractivity contribution < 1.29 is 23.0 Å². The molecule has 2 atom stereocenters. The van der Waals surface area contributed by atoms with Gasteiger partial charge in [-0.05, 0) is 35.4 Å². The lowest BCUT2D eigenvalue weighted by Gasteiger charge is -2.27. The number of sulfone groups is 1. The summed E-state index contributed by atoms with van der Waals surface area (Å²) in [5.74, 6) is 1.31. The van der Waals surface area contributed by atoms with Gasteiger partial charge in [0.05, 0.1) is 22.4 Å². The van der Waals surface area contributed by atoms with E-state index < -0.39 is 21.4 Å². The first-order valence-electron chi connectivity index (χ1n) is 10.7. The molecule has 5 nitrogen and oxygen atoms in total. The van der Waals surface area contributed by atoms with Crippen LogP contribution in [0.1, 0.15) is 38.8 Å². The molecule has 0 heterocycles. The van der Waals surface area contributed by atoms with E-state index in [1.54, 1.807) is 19.1 Å². The Morgan fingerprint density at radius 2 is 1.58 bits per heavy atom. The summed E-state index contributed by atoms with van der Waals surface area (Å²) >= 11 is 18.8. The summed E-state index contributed by atoms with van der Waals surface area (Å²) < 4.78 is 34.6. The largest absolute Gasteiger partial charge is 0.491 e. The van der Waals surface area contributed by atoms with Gasteiger partial charge in [-0.3, -0.25) is 0 Å². The lowest BCUT2D eigenvalue weighted by atomic mass is 9.78. The third-order valence-corrected chi connectivity index (χ3v) is 8.26. The van der Waals surface area contributed by atoms with E-state index in [-0.39, 0.29) is 24.0 Å². The van der Waals surface area contributed by atoms with Crippen LogP contribution in [0.3, 0.4) is 0 Å². The van der Waals surface area contributed by atoms with Crippen LogP contribution >= 0.6 is 34.8 Å². The number of halogens is 3. The van der Waals surface area contributed by atoms with Crippen molar-refractivity contribution in [1.29, 1.82) is 0 Å². The Kier molecular flexibility index (Phi) is 10.2. The maximum atomic E-state index is 11.6. The highest BCUT2D eigenvalue weighted by molar-refractivity contribution is 7.91. The second kappa shape index (κ2) is 12.0. The van der Waals surface area contributed by atoms with E-state index in [1.165, 1.54) is 0 Å². The Labute approximate surface area is 211 Å². The molecule has 0 saturated heterocycles. The summed E-state index contributed by atoms with van der Waals surface area (Å²) in [6, 6.07) is 11.1. The van der Waals surface area contributed by atoms with Crippen molar-refractivity contribution in [3.05, 3.63) is 57.6 Å². The molecule has 33 heavy (non-hydrogen) atoms. The van der Waals surface area contributed by atoms with Crippen LogP contribution in [-0.4, -0.2) is 50.2 Å². The molecule has 0 fully saturated rings. The van der Waals surface area contributed by atoms with Crippen LogP contribution < -0.4 is 9.47 Å². The molecule has 0 saturated carbocycles. The van der Waals surface area contributed by atoms with E-state index in [2.05, 4.69) is 13.8 Å². The summed E-state index contributed by atoms with van der Waals surface area (Å²) in [5.41, 5.74) is 1.51. The van der Waals surface area contributed by atoms with Gasteiger partial charge in [0.1, 0.15) is 18.5 Å². The lowest BCUT2D eigenvalue weighted by Crippen LogP contribution is -2.28. The fraction of sp³-hybridized carbons (Fsp3) is 0.500. The molecular formula is C24H31Cl3O5S. The number of aliphatic hydroxyl groups is 1. The van der Waals surface area contributed by atoms with Crippen molar-refractivity contribution in [2.45, 2.75) is 39.2 Å². The van der Waals surface area contributed by atoms with Crippen molar-refractivity contribution in [3.8, 4) is 11.5 Å². The second-order valence-corrected chi connectivity index (χ2v) is 12.2. The summed E-state index contributed by atoms with van der Waals surface area (Å²) in [6.07, 6.45) is -1.08. The molecule has 2 aromatic rings. The average molecular weight is 538 g/mol. The van der Waals surface area contributed by atoms with Gasteiger partial charge in [-0.15, -0.1) is 11.6 Å². The maximum Gasteiger partial charge on any atom is 0.156 e. The van der Waals surface area contributed by atoms with Crippen LogP contribution in [-0.2, 0) is 15.3 Å². The number of hydrogen-bond acceptors (Lipinski definition) is 5. The third kappa shape index (κ3) is 7.93. The minimum atomic E-state index is -3.27. The smallest absolute Gasteiger partial charge is 0.156 e. The fourth-order valence-electron chi connectivity index (χ4n) is 3.11. The Bertz CT molecular complexity index is 1000. The lowest BCUT2D eigenvalue weighted by molar-refractivity contribution is 0.125. The van der Waals surface area contributed by atoms with Crippen LogP contribution in [0.2, 0.25) is 10.0 Å². The predicted molar refractivity (Wildman–Crippen MR) is 136 cm³/mol. The first kappa shape index (κ1) is 28.1. The van der Waals surface area contributed by atoms with Crippen LogP contribution in [0.4, 0.5) is 0 Å². The zero-order valence-electron chi connectivity index (χ0n) is 19.3. The monoisotopic (exact) mass is 536 g/mol. The van der Waals surface area contributed by atoms with E-state index in [0.717, 1.165) is 11.1 Å². The van der Waals surface area contributed by atoms with E-state index in [9.17, 15) is 13.5 Å². The first-order valence-corrected chi connectivity index (χ1v) is 13.8. The first-order chi connectivity index (χ1) is 15.4. The molecule has 0 aliphatic rings. The summed E-state index contributed by atoms with van der Waals surface area (Å²) in [4.78, 5) is 0. The van der Waals surface area contributed by atoms with Gasteiger partial charge in [-0.25, -0.2) is 8.42 Å². The van der Waals surface area contributed by atoms with Gasteiger partial charge in [-0.2, -0.15) is 0 Å². The van der Waals surface area contributed by atoms with Crippen molar-refractivity contribution >= 4 is 44.6 Å². The van der Waals surface area contributed by atoms with Crippen LogP contribution in [0.15, 0.2) is 36.4 Å². The standard InChI is InChI=1S/C24H31Cl3O5S/c1-5-33(29,30)15-19(28)14-31-20-8-6-17(7-9-20)24(3,4)18-10-21(26)23(22(27)11-18)32-13-16(2)12-25/h6-11,16,19,28H,5,12-15H2,1-4H3/t16-,19-/m1/s1. The van der Waals surface area contributed by atoms with Crippen molar-refractivity contribution in [2.24, 2.45) is 5.92 Å². The zero-order chi connectivity index (χ0) is 24.8. The van der Waals surface area contributed by atoms with Gasteiger partial charge in [-0.1, -0.05) is 63.0 Å². The topological polar surface area (TPSA) is 72.8 Å². The third-order valence-electron chi connectivity index (χ3n) is 5.40. The van der Waals surface area contributed by atoms with E-state index in [4.69, 9.17) is 44.3 Å². The zero-order valence-corrected chi connectivity index (χ0v) is 22.4. The molecule has 2 rings (SSSR count). The van der Waals surface area contributed by atoms with Gasteiger partial charge in [0, 0.05) is 23.0 Å². The molecule has 184 valence electrons. The molecule has 0 spiro atoms. The molecule has 0 aromatic heterocycles. The highest BCUT2D eigenvalue weighted by Gasteiger charge is 2.26. The fourth-order valence-corrected chi connectivity index (χ4v) is 4.72. The summed E-state index contributed by atoms with van der Waals surface area (Å²) in [5, 5.41) is 10.8. The molecule has 1 N–H and O–H groups in total. The molecule has 0 radical (unpaired) electrons. The van der Waals surface area contributed by atoms with Gasteiger partial charge >= 0.3 is 0 Å². The summed E-state index contributed by atoms with van der Waals surface area (Å²) in [7, 11) is -3.27. The van der Waals surface area contributed by atoms with Gasteiger partial charge in [0.25, 0.3) is 0 Å². The molecule has 2 aromatic carbocycles. The minimum absolute atomic E-state index is 0.0124. The van der Waals surface area contributed by atoms with Crippen LogP contribution in [0, 0.1) is 5.92 Å². The highest BCUT2D eigenvalue weighted by Crippen LogP contribution is 2.40. The van der Waals surface area contributed by atoms with Crippen molar-refractivity contribution in [3.63, 3.8) is 0 Å². The Morgan fingerprint density at radius 3 is 2.09 bits per heavy atom. The van der Waals surface area contributed by atoms with E-state index in [0.29, 0.717) is 34.0 Å². The molecular weight excluding hydrogens is 507 g/mol. The number of rotatable bonds is 12. The number of alkyl halides is 1. The minimum Gasteiger partial charge on any atom is -0.491 e. The van der Waals surface area contributed by atoms with Crippen molar-refractivity contribution in [1.82, 2.24) is 0 Å². The Hall–Kier alpha value is -1.18. The Balaban J connectivity index is 2.12. The molecule has 9 heteroatoms. The second-order valence-electron chi connectivity index (χ2n) is 8.65. The van der Waals surface area contributed by atoms with Gasteiger partial charge in [0.2, 0.25) is 0 Å². The molecule has 0 unspecified atom stereocenters. The van der Waals surface area contributed by atoms with Gasteiger partial charge < -0.3 is 14.6 Å². The maximum absolute atomic E-state index is 11.6. The van der Waals surface area contributed by atoms with E-state index in [1.807, 2.05) is 31.2 Å². The van der Waals surface area contributed by atoms with E-state index >= 15 is 0 Å². The van der Waals surface area contributed by atoms with Crippen molar-refractivity contribution in [2.75, 3.05) is 30.6 Å². The number of benzene rings is 2. The average Bonchev–Trinajstić information content (AvgIpc) is 2.76. The molecule has 0 aliphatic heterocycles. The van der Waals surface area contributed by atoms with Crippen LogP contribution in [0.25, 0.3) is 0 Å². The van der Waals surface area contributed by atoms with Gasteiger partial charge in [0.15, 0.2) is 15.6 Å². The predicted octanol–water partition coefficient (Wildman–Crippen LogP) is 5.75. The molecule has 0 aliphatic carbocycles. The highest BCUT2D eigenvalue weighted by atomic mass is 35.5. The SMILES string of the molecule is CCS(=O)(=O)C[C@H](O)COc1ccc(C(C)(C)c2cc(Cl)c(OC[C@H](C)CCl)c(Cl)c2)cc1. The van der Waals surface area contributed by atoms with Crippen LogP contribution in [0.5, 0.6) is 11.5 Å². The molecule has 0 bridgehead atoms. The number of hydrogen-bond donors (Lipinski definition) is 1. The Morgan fingerprint density at radius 1 is 1.00 bits per heavy atom. The summed E-state index contributed by atoms with van der Waals surface area (Å²) in [6.45, 7) is 7.96. The number of ether oxygens (including phenoxy) is 2. The molecule has 0 amide bonds. The number of aliphatic hydroxyl groups excluding tert-OH is 1. The normalized spacial score (nSPS) is 14.1. The quantitative estimate of drug-likeness (QED) is 0.349.